The van der Waals surface area contributed by atoms with Crippen molar-refractivity contribution in [2.75, 3.05) is 13.1 Å². The first-order chi connectivity index (χ1) is 11.1. The van der Waals surface area contributed by atoms with Crippen LogP contribution < -0.4 is 0 Å². The van der Waals surface area contributed by atoms with Gasteiger partial charge in [0.2, 0.25) is 0 Å². The molecule has 1 atom stereocenters. The van der Waals surface area contributed by atoms with Crippen molar-refractivity contribution in [3.05, 3.63) is 41.9 Å². The molecule has 1 aliphatic heterocycles. The molecular formula is C17H18N2O4. The van der Waals surface area contributed by atoms with Crippen molar-refractivity contribution in [1.82, 2.24) is 9.88 Å². The first kappa shape index (κ1) is 15.3. The van der Waals surface area contributed by atoms with Gasteiger partial charge < -0.3 is 14.4 Å². The molecule has 0 aliphatic carbocycles. The van der Waals surface area contributed by atoms with E-state index in [4.69, 9.17) is 9.52 Å². The fourth-order valence-electron chi connectivity index (χ4n) is 2.82. The van der Waals surface area contributed by atoms with E-state index in [1.165, 1.54) is 6.39 Å². The quantitative estimate of drug-likeness (QED) is 0.941. The highest BCUT2D eigenvalue weighted by molar-refractivity contribution is 5.97. The van der Waals surface area contributed by atoms with Gasteiger partial charge in [-0.05, 0) is 19.8 Å². The zero-order valence-corrected chi connectivity index (χ0v) is 12.9. The van der Waals surface area contributed by atoms with Crippen molar-refractivity contribution in [2.24, 2.45) is 5.92 Å². The topological polar surface area (TPSA) is 83.6 Å². The molecule has 1 saturated heterocycles. The molecule has 1 fully saturated rings. The van der Waals surface area contributed by atoms with E-state index in [0.717, 1.165) is 11.1 Å². The highest BCUT2D eigenvalue weighted by atomic mass is 16.4. The number of aromatic nitrogens is 1. The summed E-state index contributed by atoms with van der Waals surface area (Å²) in [5.41, 5.74) is 2.13. The lowest BCUT2D eigenvalue weighted by Gasteiger charge is -2.30. The third kappa shape index (κ3) is 3.11. The SMILES string of the molecule is Cc1ccc(-c2ocnc2C(=O)N2CCC[C@@H](C(=O)O)C2)cc1. The molecule has 6 heteroatoms. The number of carbonyl (C=O) groups is 2. The molecule has 6 nitrogen and oxygen atoms in total. The van der Waals surface area contributed by atoms with Gasteiger partial charge in [0.05, 0.1) is 5.92 Å². The smallest absolute Gasteiger partial charge is 0.308 e. The van der Waals surface area contributed by atoms with E-state index in [0.29, 0.717) is 25.1 Å². The van der Waals surface area contributed by atoms with Crippen molar-refractivity contribution < 1.29 is 19.1 Å². The van der Waals surface area contributed by atoms with Crippen molar-refractivity contribution in [2.45, 2.75) is 19.8 Å². The largest absolute Gasteiger partial charge is 0.481 e. The van der Waals surface area contributed by atoms with E-state index in [1.807, 2.05) is 31.2 Å². The number of hydrogen-bond donors (Lipinski definition) is 1. The van der Waals surface area contributed by atoms with Gasteiger partial charge in [-0.25, -0.2) is 4.98 Å². The average Bonchev–Trinajstić information content (AvgIpc) is 3.04. The van der Waals surface area contributed by atoms with E-state index in [-0.39, 0.29) is 18.1 Å². The Hall–Kier alpha value is -2.63. The van der Waals surface area contributed by atoms with Gasteiger partial charge in [-0.1, -0.05) is 29.8 Å². The molecular weight excluding hydrogens is 296 g/mol. The van der Waals surface area contributed by atoms with Gasteiger partial charge in [-0.3, -0.25) is 9.59 Å². The summed E-state index contributed by atoms with van der Waals surface area (Å²) in [6.45, 7) is 2.74. The summed E-state index contributed by atoms with van der Waals surface area (Å²) in [7, 11) is 0. The van der Waals surface area contributed by atoms with Crippen LogP contribution in [0.4, 0.5) is 0 Å². The van der Waals surface area contributed by atoms with Crippen LogP contribution in [-0.2, 0) is 4.79 Å². The number of hydrogen-bond acceptors (Lipinski definition) is 4. The van der Waals surface area contributed by atoms with Crippen LogP contribution in [0.3, 0.4) is 0 Å². The standard InChI is InChI=1S/C17H18N2O4/c1-11-4-6-12(7-5-11)15-14(18-10-23-15)16(20)19-8-2-3-13(9-19)17(21)22/h4-7,10,13H,2-3,8-9H2,1H3,(H,21,22)/t13-/m1/s1. The summed E-state index contributed by atoms with van der Waals surface area (Å²) in [6, 6.07) is 7.63. The summed E-state index contributed by atoms with van der Waals surface area (Å²) in [5.74, 6) is -1.23. The second-order valence-corrected chi connectivity index (χ2v) is 5.82. The predicted octanol–water partition coefficient (Wildman–Crippen LogP) is 2.59. The van der Waals surface area contributed by atoms with E-state index in [2.05, 4.69) is 4.98 Å². The van der Waals surface area contributed by atoms with Crippen LogP contribution in [0.1, 0.15) is 28.9 Å². The molecule has 0 bridgehead atoms. The Kier molecular flexibility index (Phi) is 4.14. The van der Waals surface area contributed by atoms with E-state index in [1.54, 1.807) is 4.90 Å². The monoisotopic (exact) mass is 314 g/mol. The van der Waals surface area contributed by atoms with Gasteiger partial charge in [0.1, 0.15) is 0 Å². The van der Waals surface area contributed by atoms with Gasteiger partial charge in [0.15, 0.2) is 17.8 Å². The van der Waals surface area contributed by atoms with Crippen LogP contribution in [0.5, 0.6) is 0 Å². The summed E-state index contributed by atoms with van der Waals surface area (Å²) in [5, 5.41) is 9.15. The summed E-state index contributed by atoms with van der Waals surface area (Å²) in [4.78, 5) is 29.5. The lowest BCUT2D eigenvalue weighted by Crippen LogP contribution is -2.42. The lowest BCUT2D eigenvalue weighted by molar-refractivity contribution is -0.143. The number of rotatable bonds is 3. The third-order valence-corrected chi connectivity index (χ3v) is 4.14. The Morgan fingerprint density at radius 3 is 2.74 bits per heavy atom. The third-order valence-electron chi connectivity index (χ3n) is 4.14. The molecule has 1 aliphatic rings. The summed E-state index contributed by atoms with van der Waals surface area (Å²) >= 11 is 0. The minimum Gasteiger partial charge on any atom is -0.481 e. The summed E-state index contributed by atoms with van der Waals surface area (Å²) in [6.07, 6.45) is 2.53. The predicted molar refractivity (Wildman–Crippen MR) is 82.9 cm³/mol. The molecule has 3 rings (SSSR count). The number of carbonyl (C=O) groups excluding carboxylic acids is 1. The molecule has 1 amide bonds. The molecule has 1 aromatic carbocycles. The molecule has 1 aromatic heterocycles. The number of aryl methyl sites for hydroxylation is 1. The highest BCUT2D eigenvalue weighted by Crippen LogP contribution is 2.26. The first-order valence-electron chi connectivity index (χ1n) is 7.59. The number of benzene rings is 1. The van der Waals surface area contributed by atoms with Gasteiger partial charge in [0.25, 0.3) is 5.91 Å². The van der Waals surface area contributed by atoms with Gasteiger partial charge in [0, 0.05) is 18.7 Å². The average molecular weight is 314 g/mol. The minimum absolute atomic E-state index is 0.217. The number of aliphatic carboxylic acids is 1. The maximum Gasteiger partial charge on any atom is 0.308 e. The lowest BCUT2D eigenvalue weighted by atomic mass is 9.98. The zero-order chi connectivity index (χ0) is 16.4. The molecule has 0 radical (unpaired) electrons. The van der Waals surface area contributed by atoms with Crippen molar-refractivity contribution in [3.8, 4) is 11.3 Å². The summed E-state index contributed by atoms with van der Waals surface area (Å²) < 4.78 is 5.40. The van der Waals surface area contributed by atoms with Gasteiger partial charge in [-0.15, -0.1) is 0 Å². The zero-order valence-electron chi connectivity index (χ0n) is 12.9. The molecule has 2 heterocycles. The number of oxazole rings is 1. The van der Waals surface area contributed by atoms with E-state index < -0.39 is 11.9 Å². The fraction of sp³-hybridized carbons (Fsp3) is 0.353. The van der Waals surface area contributed by atoms with Crippen molar-refractivity contribution in [3.63, 3.8) is 0 Å². The maximum atomic E-state index is 12.7. The molecule has 0 unspecified atom stereocenters. The number of nitrogens with zero attached hydrogens (tertiary/aromatic N) is 2. The first-order valence-corrected chi connectivity index (χ1v) is 7.59. The number of amides is 1. The van der Waals surface area contributed by atoms with Crippen molar-refractivity contribution >= 4 is 11.9 Å². The normalized spacial score (nSPS) is 18.0. The van der Waals surface area contributed by atoms with Crippen LogP contribution >= 0.6 is 0 Å². The Morgan fingerprint density at radius 1 is 1.30 bits per heavy atom. The van der Waals surface area contributed by atoms with Crippen LogP contribution in [0.25, 0.3) is 11.3 Å². The number of likely N-dealkylation sites (tertiary alicyclic amines) is 1. The van der Waals surface area contributed by atoms with Crippen LogP contribution in [0, 0.1) is 12.8 Å². The second-order valence-electron chi connectivity index (χ2n) is 5.82. The number of piperidine rings is 1. The van der Waals surface area contributed by atoms with Crippen LogP contribution in [-0.4, -0.2) is 40.0 Å². The Balaban J connectivity index is 1.85. The molecule has 0 spiro atoms. The highest BCUT2D eigenvalue weighted by Gasteiger charge is 2.31. The molecule has 1 N–H and O–H groups in total. The Labute approximate surface area is 133 Å². The molecule has 23 heavy (non-hydrogen) atoms. The van der Waals surface area contributed by atoms with Crippen LogP contribution in [0.15, 0.2) is 35.1 Å². The fourth-order valence-corrected chi connectivity index (χ4v) is 2.82. The van der Waals surface area contributed by atoms with Gasteiger partial charge >= 0.3 is 5.97 Å². The Bertz CT molecular complexity index is 720. The van der Waals surface area contributed by atoms with E-state index >= 15 is 0 Å². The second kappa shape index (κ2) is 6.24. The molecule has 2 aromatic rings. The number of carboxylic acids is 1. The van der Waals surface area contributed by atoms with E-state index in [9.17, 15) is 9.59 Å². The molecule has 120 valence electrons. The van der Waals surface area contributed by atoms with Crippen LogP contribution in [0.2, 0.25) is 0 Å². The maximum absolute atomic E-state index is 12.7. The molecule has 0 saturated carbocycles. The minimum atomic E-state index is -0.860. The Morgan fingerprint density at radius 2 is 2.04 bits per heavy atom. The van der Waals surface area contributed by atoms with Gasteiger partial charge in [-0.2, -0.15) is 0 Å². The number of carboxylic acid groups (broad SMARTS) is 1. The van der Waals surface area contributed by atoms with Crippen molar-refractivity contribution in [1.29, 1.82) is 0 Å².